The summed E-state index contributed by atoms with van der Waals surface area (Å²) in [5.41, 5.74) is 0.634. The lowest BCUT2D eigenvalue weighted by Crippen LogP contribution is -2.23. The first-order valence-electron chi connectivity index (χ1n) is 6.56. The van der Waals surface area contributed by atoms with Crippen LogP contribution in [0.15, 0.2) is 16.5 Å². The largest absolute Gasteiger partial charge is 0.465 e. The molecule has 0 atom stereocenters. The van der Waals surface area contributed by atoms with E-state index in [4.69, 9.17) is 4.42 Å². The first-order chi connectivity index (χ1) is 7.78. The van der Waals surface area contributed by atoms with Crippen LogP contribution in [0.4, 0.5) is 0 Å². The van der Waals surface area contributed by atoms with Crippen molar-refractivity contribution in [2.24, 2.45) is 5.41 Å². The summed E-state index contributed by atoms with van der Waals surface area (Å²) >= 11 is 0. The van der Waals surface area contributed by atoms with E-state index in [1.54, 1.807) is 0 Å². The Morgan fingerprint density at radius 1 is 1.25 bits per heavy atom. The molecule has 0 aromatic carbocycles. The van der Waals surface area contributed by atoms with Crippen molar-refractivity contribution in [1.29, 1.82) is 0 Å². The Balaban J connectivity index is 1.71. The molecule has 0 aliphatic heterocycles. The third-order valence-corrected chi connectivity index (χ3v) is 3.60. The minimum absolute atomic E-state index is 0.634. The van der Waals surface area contributed by atoms with Crippen LogP contribution in [0, 0.1) is 5.41 Å². The number of aryl methyl sites for hydroxylation is 1. The van der Waals surface area contributed by atoms with Crippen LogP contribution in [0.25, 0.3) is 0 Å². The van der Waals surface area contributed by atoms with Gasteiger partial charge in [-0.05, 0) is 36.8 Å². The molecule has 0 bridgehead atoms. The highest BCUT2D eigenvalue weighted by Crippen LogP contribution is 2.48. The van der Waals surface area contributed by atoms with Crippen molar-refractivity contribution in [1.82, 2.24) is 5.32 Å². The van der Waals surface area contributed by atoms with Gasteiger partial charge in [0, 0.05) is 13.0 Å². The predicted octanol–water partition coefficient (Wildman–Crippen LogP) is 3.51. The van der Waals surface area contributed by atoms with Gasteiger partial charge in [-0.2, -0.15) is 0 Å². The molecule has 1 aliphatic rings. The second kappa shape index (κ2) is 5.05. The van der Waals surface area contributed by atoms with E-state index in [0.717, 1.165) is 31.0 Å². The summed E-state index contributed by atoms with van der Waals surface area (Å²) in [7, 11) is 0. The third-order valence-electron chi connectivity index (χ3n) is 3.60. The zero-order valence-corrected chi connectivity index (χ0v) is 10.5. The summed E-state index contributed by atoms with van der Waals surface area (Å²) in [5.74, 6) is 2.16. The molecule has 0 amide bonds. The summed E-state index contributed by atoms with van der Waals surface area (Å²) in [6.07, 6.45) is 6.49. The molecule has 16 heavy (non-hydrogen) atoms. The minimum Gasteiger partial charge on any atom is -0.465 e. The summed E-state index contributed by atoms with van der Waals surface area (Å²) in [5, 5.41) is 3.53. The molecule has 2 rings (SSSR count). The second-order valence-electron chi connectivity index (χ2n) is 5.08. The van der Waals surface area contributed by atoms with Gasteiger partial charge in [0.2, 0.25) is 0 Å². The first-order valence-corrected chi connectivity index (χ1v) is 6.56. The Morgan fingerprint density at radius 2 is 2.00 bits per heavy atom. The summed E-state index contributed by atoms with van der Waals surface area (Å²) in [6.45, 7) is 6.44. The Morgan fingerprint density at radius 3 is 2.56 bits per heavy atom. The van der Waals surface area contributed by atoms with E-state index in [1.807, 2.05) is 0 Å². The van der Waals surface area contributed by atoms with E-state index < -0.39 is 0 Å². The van der Waals surface area contributed by atoms with Gasteiger partial charge >= 0.3 is 0 Å². The number of hydrogen-bond donors (Lipinski definition) is 1. The lowest BCUT2D eigenvalue weighted by atomic mass is 10.0. The maximum absolute atomic E-state index is 5.67. The van der Waals surface area contributed by atoms with Crippen LogP contribution >= 0.6 is 0 Å². The van der Waals surface area contributed by atoms with Crippen LogP contribution in [0.5, 0.6) is 0 Å². The van der Waals surface area contributed by atoms with Gasteiger partial charge in [-0.25, -0.2) is 0 Å². The Labute approximate surface area is 98.4 Å². The smallest absolute Gasteiger partial charge is 0.117 e. The van der Waals surface area contributed by atoms with Gasteiger partial charge in [0.15, 0.2) is 0 Å². The molecule has 0 saturated heterocycles. The van der Waals surface area contributed by atoms with Gasteiger partial charge in [-0.15, -0.1) is 0 Å². The molecule has 0 unspecified atom stereocenters. The monoisotopic (exact) mass is 221 g/mol. The van der Waals surface area contributed by atoms with Crippen molar-refractivity contribution < 1.29 is 4.42 Å². The van der Waals surface area contributed by atoms with E-state index in [1.165, 1.54) is 25.7 Å². The summed E-state index contributed by atoms with van der Waals surface area (Å²) < 4.78 is 5.67. The van der Waals surface area contributed by atoms with Crippen LogP contribution < -0.4 is 5.32 Å². The van der Waals surface area contributed by atoms with E-state index in [2.05, 4.69) is 31.3 Å². The topological polar surface area (TPSA) is 25.2 Å². The SMILES string of the molecule is CCCC1(CNCc2ccc(CC)o2)CC1. The Bertz CT molecular complexity index is 325. The van der Waals surface area contributed by atoms with Gasteiger partial charge in [0.1, 0.15) is 11.5 Å². The highest BCUT2D eigenvalue weighted by molar-refractivity contribution is 5.07. The van der Waals surface area contributed by atoms with E-state index >= 15 is 0 Å². The fourth-order valence-electron chi connectivity index (χ4n) is 2.38. The predicted molar refractivity (Wildman–Crippen MR) is 66.4 cm³/mol. The molecule has 1 saturated carbocycles. The number of rotatable bonds is 7. The average molecular weight is 221 g/mol. The molecular weight excluding hydrogens is 198 g/mol. The van der Waals surface area contributed by atoms with Crippen molar-refractivity contribution in [3.63, 3.8) is 0 Å². The van der Waals surface area contributed by atoms with Crippen molar-refractivity contribution in [2.45, 2.75) is 52.5 Å². The van der Waals surface area contributed by atoms with Gasteiger partial charge in [0.05, 0.1) is 6.54 Å². The second-order valence-corrected chi connectivity index (χ2v) is 5.08. The molecule has 1 aliphatic carbocycles. The zero-order chi connectivity index (χ0) is 11.4. The maximum Gasteiger partial charge on any atom is 0.117 e. The van der Waals surface area contributed by atoms with Crippen LogP contribution in [0.2, 0.25) is 0 Å². The van der Waals surface area contributed by atoms with Gasteiger partial charge < -0.3 is 9.73 Å². The van der Waals surface area contributed by atoms with Crippen molar-refractivity contribution in [3.05, 3.63) is 23.7 Å². The highest BCUT2D eigenvalue weighted by Gasteiger charge is 2.40. The van der Waals surface area contributed by atoms with Crippen LogP contribution in [0.1, 0.15) is 51.1 Å². The zero-order valence-electron chi connectivity index (χ0n) is 10.5. The molecule has 2 heteroatoms. The lowest BCUT2D eigenvalue weighted by molar-refractivity contribution is 0.395. The molecule has 0 radical (unpaired) electrons. The quantitative estimate of drug-likeness (QED) is 0.762. The Hall–Kier alpha value is -0.760. The average Bonchev–Trinajstić information content (AvgIpc) is 2.89. The molecule has 1 fully saturated rings. The lowest BCUT2D eigenvalue weighted by Gasteiger charge is -2.13. The van der Waals surface area contributed by atoms with E-state index in [0.29, 0.717) is 5.41 Å². The normalized spacial score (nSPS) is 17.6. The maximum atomic E-state index is 5.67. The molecule has 1 aromatic heterocycles. The van der Waals surface area contributed by atoms with E-state index in [9.17, 15) is 0 Å². The fraction of sp³-hybridized carbons (Fsp3) is 0.714. The van der Waals surface area contributed by atoms with Gasteiger partial charge in [-0.3, -0.25) is 0 Å². The molecule has 1 aromatic rings. The van der Waals surface area contributed by atoms with Crippen LogP contribution in [0.3, 0.4) is 0 Å². The number of nitrogens with one attached hydrogen (secondary N) is 1. The van der Waals surface area contributed by atoms with Gasteiger partial charge in [0.25, 0.3) is 0 Å². The van der Waals surface area contributed by atoms with Crippen LogP contribution in [-0.2, 0) is 13.0 Å². The Kier molecular flexibility index (Phi) is 3.70. The van der Waals surface area contributed by atoms with E-state index in [-0.39, 0.29) is 0 Å². The number of furan rings is 1. The molecule has 1 N–H and O–H groups in total. The first kappa shape index (κ1) is 11.7. The summed E-state index contributed by atoms with van der Waals surface area (Å²) in [6, 6.07) is 4.17. The van der Waals surface area contributed by atoms with Crippen molar-refractivity contribution in [2.75, 3.05) is 6.54 Å². The molecular formula is C14H23NO. The molecule has 1 heterocycles. The fourth-order valence-corrected chi connectivity index (χ4v) is 2.38. The summed E-state index contributed by atoms with van der Waals surface area (Å²) in [4.78, 5) is 0. The molecule has 2 nitrogen and oxygen atoms in total. The third kappa shape index (κ3) is 2.88. The van der Waals surface area contributed by atoms with Crippen molar-refractivity contribution >= 4 is 0 Å². The van der Waals surface area contributed by atoms with Crippen molar-refractivity contribution in [3.8, 4) is 0 Å². The number of hydrogen-bond acceptors (Lipinski definition) is 2. The molecule has 0 spiro atoms. The minimum atomic E-state index is 0.634. The molecule has 90 valence electrons. The standard InChI is InChI=1S/C14H23NO/c1-3-7-14(8-9-14)11-15-10-13-6-5-12(4-2)16-13/h5-6,15H,3-4,7-11H2,1-2H3. The van der Waals surface area contributed by atoms with Gasteiger partial charge in [-0.1, -0.05) is 20.3 Å². The highest BCUT2D eigenvalue weighted by atomic mass is 16.3. The van der Waals surface area contributed by atoms with Crippen LogP contribution in [-0.4, -0.2) is 6.54 Å².